The Balaban J connectivity index is 2.23. The number of hydrogen-bond donors (Lipinski definition) is 1. The fraction of sp³-hybridized carbons (Fsp3) is 0.600. The van der Waals surface area contributed by atoms with Crippen LogP contribution in [0.15, 0.2) is 18.2 Å². The van der Waals surface area contributed by atoms with E-state index in [-0.39, 0.29) is 6.61 Å². The third-order valence-corrected chi connectivity index (χ3v) is 4.13. The lowest BCUT2D eigenvalue weighted by atomic mass is 9.85. The SMILES string of the molecule is CC1(C)CCCN(c2cc(Cl)ccc2CO)CC1. The van der Waals surface area contributed by atoms with Gasteiger partial charge < -0.3 is 10.0 Å². The number of nitrogens with zero attached hydrogens (tertiary/aromatic N) is 1. The summed E-state index contributed by atoms with van der Waals surface area (Å²) in [5.74, 6) is 0. The monoisotopic (exact) mass is 267 g/mol. The number of aliphatic hydroxyl groups excluding tert-OH is 1. The summed E-state index contributed by atoms with van der Waals surface area (Å²) in [7, 11) is 0. The second-order valence-corrected chi connectivity index (χ2v) is 6.37. The van der Waals surface area contributed by atoms with Gasteiger partial charge in [0.25, 0.3) is 0 Å². The highest BCUT2D eigenvalue weighted by atomic mass is 35.5. The van der Waals surface area contributed by atoms with Gasteiger partial charge in [-0.1, -0.05) is 31.5 Å². The van der Waals surface area contributed by atoms with Gasteiger partial charge in [-0.05, 0) is 36.8 Å². The Bertz CT molecular complexity index is 417. The van der Waals surface area contributed by atoms with Crippen LogP contribution < -0.4 is 4.90 Å². The molecule has 0 saturated carbocycles. The van der Waals surface area contributed by atoms with Crippen molar-refractivity contribution in [1.82, 2.24) is 0 Å². The highest BCUT2D eigenvalue weighted by Crippen LogP contribution is 2.33. The molecule has 18 heavy (non-hydrogen) atoms. The van der Waals surface area contributed by atoms with Crippen LogP contribution in [0.2, 0.25) is 5.02 Å². The van der Waals surface area contributed by atoms with E-state index in [1.54, 1.807) is 0 Å². The molecule has 1 aromatic rings. The van der Waals surface area contributed by atoms with Gasteiger partial charge in [0.1, 0.15) is 0 Å². The Kier molecular flexibility index (Phi) is 4.18. The first-order chi connectivity index (χ1) is 8.52. The molecular formula is C15H22ClNO. The second kappa shape index (κ2) is 5.50. The van der Waals surface area contributed by atoms with Crippen LogP contribution in [0.4, 0.5) is 5.69 Å². The Morgan fingerprint density at radius 2 is 2.06 bits per heavy atom. The summed E-state index contributed by atoms with van der Waals surface area (Å²) in [6.45, 7) is 6.84. The molecule has 100 valence electrons. The zero-order valence-electron chi connectivity index (χ0n) is 11.2. The molecule has 1 aromatic carbocycles. The molecule has 0 radical (unpaired) electrons. The zero-order chi connectivity index (χ0) is 13.2. The number of benzene rings is 1. The van der Waals surface area contributed by atoms with Crippen molar-refractivity contribution in [3.63, 3.8) is 0 Å². The molecule has 3 heteroatoms. The van der Waals surface area contributed by atoms with Crippen LogP contribution in [0.25, 0.3) is 0 Å². The summed E-state index contributed by atoms with van der Waals surface area (Å²) in [5.41, 5.74) is 2.49. The predicted molar refractivity (Wildman–Crippen MR) is 77.2 cm³/mol. The number of anilines is 1. The highest BCUT2D eigenvalue weighted by Gasteiger charge is 2.24. The fourth-order valence-corrected chi connectivity index (χ4v) is 2.80. The Morgan fingerprint density at radius 3 is 2.78 bits per heavy atom. The number of aliphatic hydroxyl groups is 1. The molecule has 0 spiro atoms. The molecule has 0 bridgehead atoms. The van der Waals surface area contributed by atoms with Gasteiger partial charge in [0.15, 0.2) is 0 Å². The van der Waals surface area contributed by atoms with E-state index in [2.05, 4.69) is 18.7 Å². The fourth-order valence-electron chi connectivity index (χ4n) is 2.63. The summed E-state index contributed by atoms with van der Waals surface area (Å²) in [4.78, 5) is 2.37. The summed E-state index contributed by atoms with van der Waals surface area (Å²) < 4.78 is 0. The van der Waals surface area contributed by atoms with Crippen LogP contribution in [0.3, 0.4) is 0 Å². The lowest BCUT2D eigenvalue weighted by Crippen LogP contribution is -2.26. The Morgan fingerprint density at radius 1 is 1.28 bits per heavy atom. The van der Waals surface area contributed by atoms with Crippen molar-refractivity contribution in [3.05, 3.63) is 28.8 Å². The molecule has 0 amide bonds. The topological polar surface area (TPSA) is 23.5 Å². The van der Waals surface area contributed by atoms with Crippen LogP contribution in [-0.4, -0.2) is 18.2 Å². The molecule has 1 aliphatic rings. The van der Waals surface area contributed by atoms with E-state index in [9.17, 15) is 5.11 Å². The molecule has 1 aliphatic heterocycles. The first-order valence-electron chi connectivity index (χ1n) is 6.66. The van der Waals surface area contributed by atoms with Gasteiger partial charge in [0, 0.05) is 29.4 Å². The quantitative estimate of drug-likeness (QED) is 0.880. The maximum absolute atomic E-state index is 9.44. The molecule has 0 aromatic heterocycles. The van der Waals surface area contributed by atoms with Gasteiger partial charge in [-0.2, -0.15) is 0 Å². The first-order valence-corrected chi connectivity index (χ1v) is 7.04. The van der Waals surface area contributed by atoms with E-state index < -0.39 is 0 Å². The average Bonchev–Trinajstić information content (AvgIpc) is 2.50. The van der Waals surface area contributed by atoms with Crippen molar-refractivity contribution in [2.45, 2.75) is 39.7 Å². The molecule has 0 unspecified atom stereocenters. The maximum atomic E-state index is 9.44. The molecule has 1 heterocycles. The van der Waals surface area contributed by atoms with E-state index >= 15 is 0 Å². The average molecular weight is 268 g/mol. The van der Waals surface area contributed by atoms with Gasteiger partial charge in [-0.15, -0.1) is 0 Å². The van der Waals surface area contributed by atoms with Crippen molar-refractivity contribution >= 4 is 17.3 Å². The lowest BCUT2D eigenvalue weighted by Gasteiger charge is -2.26. The van der Waals surface area contributed by atoms with E-state index in [1.165, 1.54) is 19.3 Å². The number of hydrogen-bond acceptors (Lipinski definition) is 2. The van der Waals surface area contributed by atoms with Gasteiger partial charge >= 0.3 is 0 Å². The zero-order valence-corrected chi connectivity index (χ0v) is 12.0. The maximum Gasteiger partial charge on any atom is 0.0702 e. The van der Waals surface area contributed by atoms with Crippen molar-refractivity contribution < 1.29 is 5.11 Å². The Labute approximate surface area is 115 Å². The molecule has 1 N–H and O–H groups in total. The summed E-state index contributed by atoms with van der Waals surface area (Å²) in [6.07, 6.45) is 3.65. The third-order valence-electron chi connectivity index (χ3n) is 3.90. The molecule has 1 saturated heterocycles. The van der Waals surface area contributed by atoms with E-state index in [0.29, 0.717) is 5.41 Å². The summed E-state index contributed by atoms with van der Waals surface area (Å²) in [6, 6.07) is 5.75. The number of halogens is 1. The molecule has 0 atom stereocenters. The van der Waals surface area contributed by atoms with Gasteiger partial charge in [0.05, 0.1) is 6.61 Å². The van der Waals surface area contributed by atoms with E-state index in [4.69, 9.17) is 11.6 Å². The first kappa shape index (κ1) is 13.7. The largest absolute Gasteiger partial charge is 0.392 e. The van der Waals surface area contributed by atoms with Gasteiger partial charge in [-0.25, -0.2) is 0 Å². The second-order valence-electron chi connectivity index (χ2n) is 5.94. The molecule has 2 nitrogen and oxygen atoms in total. The predicted octanol–water partition coefficient (Wildman–Crippen LogP) is 3.85. The summed E-state index contributed by atoms with van der Waals surface area (Å²) in [5, 5.41) is 10.2. The van der Waals surface area contributed by atoms with Crippen LogP contribution in [0.5, 0.6) is 0 Å². The Hall–Kier alpha value is -0.730. The lowest BCUT2D eigenvalue weighted by molar-refractivity contribution is 0.282. The van der Waals surface area contributed by atoms with Crippen LogP contribution in [0.1, 0.15) is 38.7 Å². The van der Waals surface area contributed by atoms with Crippen LogP contribution >= 0.6 is 11.6 Å². The van der Waals surface area contributed by atoms with E-state index in [1.807, 2.05) is 18.2 Å². The number of rotatable bonds is 2. The third kappa shape index (κ3) is 3.18. The van der Waals surface area contributed by atoms with Crippen molar-refractivity contribution in [1.29, 1.82) is 0 Å². The standard InChI is InChI=1S/C15H22ClNO/c1-15(2)6-3-8-17(9-7-15)14-10-13(16)5-4-12(14)11-18/h4-5,10,18H,3,6-9,11H2,1-2H3. The van der Waals surface area contributed by atoms with Gasteiger partial charge in [0.2, 0.25) is 0 Å². The molecule has 0 aliphatic carbocycles. The minimum atomic E-state index is 0.0758. The van der Waals surface area contributed by atoms with Gasteiger partial charge in [-0.3, -0.25) is 0 Å². The van der Waals surface area contributed by atoms with Crippen molar-refractivity contribution in [3.8, 4) is 0 Å². The van der Waals surface area contributed by atoms with E-state index in [0.717, 1.165) is 29.4 Å². The van der Waals surface area contributed by atoms with Crippen LogP contribution in [0, 0.1) is 5.41 Å². The smallest absolute Gasteiger partial charge is 0.0702 e. The van der Waals surface area contributed by atoms with Crippen LogP contribution in [-0.2, 0) is 6.61 Å². The van der Waals surface area contributed by atoms with Crippen molar-refractivity contribution in [2.24, 2.45) is 5.41 Å². The summed E-state index contributed by atoms with van der Waals surface area (Å²) >= 11 is 6.08. The molecular weight excluding hydrogens is 246 g/mol. The van der Waals surface area contributed by atoms with Crippen molar-refractivity contribution in [2.75, 3.05) is 18.0 Å². The molecule has 1 fully saturated rings. The minimum absolute atomic E-state index is 0.0758. The minimum Gasteiger partial charge on any atom is -0.392 e. The molecule has 2 rings (SSSR count). The highest BCUT2D eigenvalue weighted by molar-refractivity contribution is 6.30. The normalized spacial score (nSPS) is 19.7.